The number of carbonyl (C=O) groups excluding carboxylic acids is 1. The van der Waals surface area contributed by atoms with Crippen molar-refractivity contribution in [1.29, 1.82) is 0 Å². The number of carbonyl (C=O) groups is 1. The first kappa shape index (κ1) is 12.4. The Labute approximate surface area is 92.4 Å². The van der Waals surface area contributed by atoms with Gasteiger partial charge in [0, 0.05) is 12.3 Å². The Morgan fingerprint density at radius 1 is 1.53 bits per heavy atom. The van der Waals surface area contributed by atoms with Gasteiger partial charge in [0.25, 0.3) is 0 Å². The van der Waals surface area contributed by atoms with Gasteiger partial charge in [0.05, 0.1) is 6.10 Å². The molecule has 2 atom stereocenters. The molecule has 0 aliphatic heterocycles. The summed E-state index contributed by atoms with van der Waals surface area (Å²) >= 11 is 0. The summed E-state index contributed by atoms with van der Waals surface area (Å²) in [6, 6.07) is 0. The largest absolute Gasteiger partial charge is 0.389 e. The van der Waals surface area contributed by atoms with Crippen molar-refractivity contribution in [1.82, 2.24) is 0 Å². The monoisotopic (exact) mass is 210 g/mol. The highest BCUT2D eigenvalue weighted by Crippen LogP contribution is 2.22. The zero-order valence-corrected chi connectivity index (χ0v) is 9.61. The molecule has 0 aromatic heterocycles. The van der Waals surface area contributed by atoms with Crippen LogP contribution in [-0.4, -0.2) is 17.0 Å². The number of hydrogen-bond donors (Lipinski definition) is 1. The average molecular weight is 210 g/mol. The van der Waals surface area contributed by atoms with Gasteiger partial charge in [0.1, 0.15) is 5.78 Å². The number of allylic oxidation sites excluding steroid dienone is 1. The molecule has 0 aromatic rings. The summed E-state index contributed by atoms with van der Waals surface area (Å²) in [6.07, 6.45) is 10.3. The summed E-state index contributed by atoms with van der Waals surface area (Å²) in [5, 5.41) is 9.62. The number of hydrogen-bond acceptors (Lipinski definition) is 2. The Hall–Kier alpha value is -0.630. The lowest BCUT2D eigenvalue weighted by Crippen LogP contribution is -2.06. The molecule has 1 N–H and O–H groups in total. The smallest absolute Gasteiger partial charge is 0.139 e. The first-order valence-corrected chi connectivity index (χ1v) is 6.13. The lowest BCUT2D eigenvalue weighted by atomic mass is 10.0. The van der Waals surface area contributed by atoms with Crippen LogP contribution in [0.4, 0.5) is 0 Å². The Balaban J connectivity index is 2.21. The lowest BCUT2D eigenvalue weighted by molar-refractivity contribution is -0.119. The van der Waals surface area contributed by atoms with Crippen molar-refractivity contribution in [3.63, 3.8) is 0 Å². The van der Waals surface area contributed by atoms with Crippen molar-refractivity contribution in [2.45, 2.75) is 58.0 Å². The molecular weight excluding hydrogens is 188 g/mol. The fourth-order valence-electron chi connectivity index (χ4n) is 2.01. The SMILES string of the molecule is CCCCC[C@@H](O)/C=C/[C@@H]1CCCC1=O. The van der Waals surface area contributed by atoms with Gasteiger partial charge in [-0.15, -0.1) is 0 Å². The van der Waals surface area contributed by atoms with Crippen molar-refractivity contribution in [2.75, 3.05) is 0 Å². The van der Waals surface area contributed by atoms with Crippen LogP contribution in [0, 0.1) is 5.92 Å². The van der Waals surface area contributed by atoms with E-state index in [1.807, 2.05) is 12.2 Å². The van der Waals surface area contributed by atoms with E-state index in [0.717, 1.165) is 32.1 Å². The summed E-state index contributed by atoms with van der Waals surface area (Å²) in [7, 11) is 0. The summed E-state index contributed by atoms with van der Waals surface area (Å²) in [4.78, 5) is 11.3. The topological polar surface area (TPSA) is 37.3 Å². The predicted octanol–water partition coefficient (Wildman–Crippen LogP) is 2.85. The van der Waals surface area contributed by atoms with Crippen molar-refractivity contribution in [2.24, 2.45) is 5.92 Å². The second kappa shape index (κ2) is 6.78. The van der Waals surface area contributed by atoms with Crippen LogP contribution in [0.2, 0.25) is 0 Å². The molecule has 1 rings (SSSR count). The zero-order chi connectivity index (χ0) is 11.1. The van der Waals surface area contributed by atoms with E-state index in [1.54, 1.807) is 0 Å². The number of aliphatic hydroxyl groups excluding tert-OH is 1. The number of ketones is 1. The van der Waals surface area contributed by atoms with E-state index in [-0.39, 0.29) is 12.0 Å². The minimum absolute atomic E-state index is 0.0887. The van der Waals surface area contributed by atoms with Crippen LogP contribution in [0.5, 0.6) is 0 Å². The molecule has 0 heterocycles. The van der Waals surface area contributed by atoms with Crippen molar-refractivity contribution < 1.29 is 9.90 Å². The van der Waals surface area contributed by atoms with Gasteiger partial charge in [-0.3, -0.25) is 4.79 Å². The first-order valence-electron chi connectivity index (χ1n) is 6.13. The van der Waals surface area contributed by atoms with E-state index in [9.17, 15) is 9.90 Å². The maximum absolute atomic E-state index is 11.3. The van der Waals surface area contributed by atoms with Crippen LogP contribution >= 0.6 is 0 Å². The lowest BCUT2D eigenvalue weighted by Gasteiger charge is -2.05. The van der Waals surface area contributed by atoms with Gasteiger partial charge in [-0.2, -0.15) is 0 Å². The molecule has 15 heavy (non-hydrogen) atoms. The van der Waals surface area contributed by atoms with Gasteiger partial charge in [-0.1, -0.05) is 38.3 Å². The molecule has 0 saturated heterocycles. The van der Waals surface area contributed by atoms with Crippen LogP contribution in [0.3, 0.4) is 0 Å². The Morgan fingerprint density at radius 3 is 2.93 bits per heavy atom. The molecule has 2 heteroatoms. The molecule has 1 fully saturated rings. The standard InChI is InChI=1S/C13H22O2/c1-2-3-4-7-12(14)10-9-11-6-5-8-13(11)15/h9-12,14H,2-8H2,1H3/b10-9+/t11-,12+/m0/s1. The van der Waals surface area contributed by atoms with Crippen molar-refractivity contribution >= 4 is 5.78 Å². The summed E-state index contributed by atoms with van der Waals surface area (Å²) in [5.41, 5.74) is 0. The van der Waals surface area contributed by atoms with Gasteiger partial charge >= 0.3 is 0 Å². The highest BCUT2D eigenvalue weighted by molar-refractivity contribution is 5.84. The summed E-state index contributed by atoms with van der Waals surface area (Å²) in [6.45, 7) is 2.15. The first-order chi connectivity index (χ1) is 7.24. The Kier molecular flexibility index (Phi) is 5.62. The highest BCUT2D eigenvalue weighted by atomic mass is 16.3. The molecule has 0 amide bonds. The summed E-state index contributed by atoms with van der Waals surface area (Å²) < 4.78 is 0. The molecular formula is C13H22O2. The van der Waals surface area contributed by atoms with Gasteiger partial charge in [0.15, 0.2) is 0 Å². The fraction of sp³-hybridized carbons (Fsp3) is 0.769. The highest BCUT2D eigenvalue weighted by Gasteiger charge is 2.21. The minimum atomic E-state index is -0.357. The third kappa shape index (κ3) is 4.61. The van der Waals surface area contributed by atoms with E-state index in [2.05, 4.69) is 6.92 Å². The third-order valence-electron chi connectivity index (χ3n) is 3.02. The van der Waals surface area contributed by atoms with E-state index in [1.165, 1.54) is 12.8 Å². The van der Waals surface area contributed by atoms with Crippen molar-refractivity contribution in [3.05, 3.63) is 12.2 Å². The number of Topliss-reactive ketones (excluding diaryl/α,β-unsaturated/α-hetero) is 1. The fourth-order valence-corrected chi connectivity index (χ4v) is 2.01. The van der Waals surface area contributed by atoms with E-state index >= 15 is 0 Å². The van der Waals surface area contributed by atoms with Crippen LogP contribution in [0.15, 0.2) is 12.2 Å². The van der Waals surface area contributed by atoms with Gasteiger partial charge in [-0.25, -0.2) is 0 Å². The van der Waals surface area contributed by atoms with Gasteiger partial charge in [0.2, 0.25) is 0 Å². The normalized spacial score (nSPS) is 23.9. The van der Waals surface area contributed by atoms with Gasteiger partial charge < -0.3 is 5.11 Å². The molecule has 0 spiro atoms. The number of unbranched alkanes of at least 4 members (excludes halogenated alkanes) is 2. The Bertz CT molecular complexity index is 221. The quantitative estimate of drug-likeness (QED) is 0.540. The molecule has 1 aliphatic rings. The molecule has 1 aliphatic carbocycles. The van der Waals surface area contributed by atoms with Crippen molar-refractivity contribution in [3.8, 4) is 0 Å². The second-order valence-electron chi connectivity index (χ2n) is 4.41. The molecule has 1 saturated carbocycles. The second-order valence-corrected chi connectivity index (χ2v) is 4.41. The molecule has 0 bridgehead atoms. The molecule has 0 unspecified atom stereocenters. The van der Waals surface area contributed by atoms with E-state index in [0.29, 0.717) is 5.78 Å². The zero-order valence-electron chi connectivity index (χ0n) is 9.61. The average Bonchev–Trinajstić information content (AvgIpc) is 2.61. The van der Waals surface area contributed by atoms with E-state index in [4.69, 9.17) is 0 Å². The van der Waals surface area contributed by atoms with Crippen LogP contribution in [-0.2, 0) is 4.79 Å². The predicted molar refractivity (Wildman–Crippen MR) is 61.6 cm³/mol. The maximum Gasteiger partial charge on any atom is 0.139 e. The third-order valence-corrected chi connectivity index (χ3v) is 3.02. The maximum atomic E-state index is 11.3. The minimum Gasteiger partial charge on any atom is -0.389 e. The van der Waals surface area contributed by atoms with Gasteiger partial charge in [-0.05, 0) is 19.3 Å². The molecule has 2 nitrogen and oxygen atoms in total. The van der Waals surface area contributed by atoms with Crippen LogP contribution in [0.25, 0.3) is 0 Å². The van der Waals surface area contributed by atoms with E-state index < -0.39 is 0 Å². The van der Waals surface area contributed by atoms with Crippen LogP contribution in [0.1, 0.15) is 51.9 Å². The molecule has 86 valence electrons. The number of rotatable bonds is 6. The Morgan fingerprint density at radius 2 is 2.33 bits per heavy atom. The molecule has 0 aromatic carbocycles. The summed E-state index contributed by atoms with van der Waals surface area (Å²) in [5.74, 6) is 0.429. The van der Waals surface area contributed by atoms with Crippen LogP contribution < -0.4 is 0 Å². The molecule has 0 radical (unpaired) electrons. The number of aliphatic hydroxyl groups is 1.